The summed E-state index contributed by atoms with van der Waals surface area (Å²) >= 11 is 0. The summed E-state index contributed by atoms with van der Waals surface area (Å²) in [6.07, 6.45) is 5.24. The molecule has 5 nitrogen and oxygen atoms in total. The second-order valence-corrected chi connectivity index (χ2v) is 6.61. The Labute approximate surface area is 144 Å². The van der Waals surface area contributed by atoms with Crippen molar-refractivity contribution in [3.05, 3.63) is 40.4 Å². The van der Waals surface area contributed by atoms with Gasteiger partial charge in [-0.25, -0.2) is 0 Å². The van der Waals surface area contributed by atoms with Crippen LogP contribution in [0.1, 0.15) is 46.0 Å². The normalized spacial score (nSPS) is 12.4. The molecule has 0 fully saturated rings. The molecule has 0 saturated carbocycles. The number of aryl methyl sites for hydroxylation is 1. The third kappa shape index (κ3) is 5.25. The summed E-state index contributed by atoms with van der Waals surface area (Å²) in [5.41, 5.74) is 1.23. The van der Waals surface area contributed by atoms with Crippen molar-refractivity contribution in [3.8, 4) is 0 Å². The third-order valence-electron chi connectivity index (χ3n) is 4.55. The van der Waals surface area contributed by atoms with Gasteiger partial charge in [-0.05, 0) is 30.9 Å². The molecule has 1 atom stereocenters. The predicted octanol–water partition coefficient (Wildman–Crippen LogP) is 4.94. The minimum Gasteiger partial charge on any atom is -0.371 e. The van der Waals surface area contributed by atoms with E-state index in [-0.39, 0.29) is 11.5 Å². The van der Waals surface area contributed by atoms with Crippen LogP contribution in [0.4, 0.5) is 5.82 Å². The SMILES string of the molecule is CCCCCNc1cc2ccccc2n1CCC(C)CC[N+](=O)[O-]. The number of fused-ring (bicyclic) bond motifs is 1. The molecule has 0 aliphatic heterocycles. The minimum atomic E-state index is -0.220. The fourth-order valence-electron chi connectivity index (χ4n) is 3.01. The summed E-state index contributed by atoms with van der Waals surface area (Å²) in [5, 5.41) is 15.3. The lowest BCUT2D eigenvalue weighted by Crippen LogP contribution is -2.12. The zero-order valence-corrected chi connectivity index (χ0v) is 14.8. The van der Waals surface area contributed by atoms with Crippen molar-refractivity contribution in [2.45, 2.75) is 52.5 Å². The Bertz CT molecular complexity index is 651. The van der Waals surface area contributed by atoms with Gasteiger partial charge < -0.3 is 9.88 Å². The monoisotopic (exact) mass is 331 g/mol. The first-order valence-corrected chi connectivity index (χ1v) is 9.05. The van der Waals surface area contributed by atoms with Crippen molar-refractivity contribution in [1.29, 1.82) is 0 Å². The highest BCUT2D eigenvalue weighted by atomic mass is 16.6. The van der Waals surface area contributed by atoms with Crippen molar-refractivity contribution in [1.82, 2.24) is 4.57 Å². The quantitative estimate of drug-likeness (QED) is 0.360. The first-order valence-electron chi connectivity index (χ1n) is 9.05. The van der Waals surface area contributed by atoms with Crippen LogP contribution >= 0.6 is 0 Å². The molecule has 1 N–H and O–H groups in total. The molecule has 1 heterocycles. The van der Waals surface area contributed by atoms with E-state index in [1.54, 1.807) is 0 Å². The number of nitro groups is 1. The summed E-state index contributed by atoms with van der Waals surface area (Å²) in [5.74, 6) is 1.51. The number of nitrogens with zero attached hydrogens (tertiary/aromatic N) is 2. The smallest absolute Gasteiger partial charge is 0.204 e. The van der Waals surface area contributed by atoms with Gasteiger partial charge >= 0.3 is 0 Å². The fourth-order valence-corrected chi connectivity index (χ4v) is 3.01. The van der Waals surface area contributed by atoms with E-state index in [1.165, 1.54) is 30.2 Å². The van der Waals surface area contributed by atoms with E-state index < -0.39 is 0 Å². The maximum atomic E-state index is 10.5. The molecule has 0 bridgehead atoms. The number of hydrogen-bond acceptors (Lipinski definition) is 3. The zero-order valence-electron chi connectivity index (χ0n) is 14.8. The standard InChI is InChI=1S/C19H29N3O2/c1-3-4-7-12-20-19-15-17-8-5-6-9-18(17)21(19)13-10-16(2)11-14-22(23)24/h5-6,8-9,15-16,20H,3-4,7,10-14H2,1-2H3. The highest BCUT2D eigenvalue weighted by Gasteiger charge is 2.11. The largest absolute Gasteiger partial charge is 0.371 e. The van der Waals surface area contributed by atoms with Crippen molar-refractivity contribution in [2.75, 3.05) is 18.4 Å². The number of hydrogen-bond donors (Lipinski definition) is 1. The highest BCUT2D eigenvalue weighted by Crippen LogP contribution is 2.25. The first-order chi connectivity index (χ1) is 11.6. The summed E-state index contributed by atoms with van der Waals surface area (Å²) in [7, 11) is 0. The molecular weight excluding hydrogens is 302 g/mol. The lowest BCUT2D eigenvalue weighted by molar-refractivity contribution is -0.481. The molecule has 24 heavy (non-hydrogen) atoms. The number of para-hydroxylation sites is 1. The number of unbranched alkanes of at least 4 members (excludes halogenated alkanes) is 2. The van der Waals surface area contributed by atoms with Crippen molar-refractivity contribution >= 4 is 16.7 Å². The second kappa shape index (κ2) is 9.30. The molecule has 132 valence electrons. The average molecular weight is 331 g/mol. The van der Waals surface area contributed by atoms with Gasteiger partial charge in [0.1, 0.15) is 5.82 Å². The molecule has 5 heteroatoms. The molecule has 1 aromatic carbocycles. The van der Waals surface area contributed by atoms with Crippen LogP contribution in [0.2, 0.25) is 0 Å². The Morgan fingerprint density at radius 3 is 2.79 bits per heavy atom. The lowest BCUT2D eigenvalue weighted by Gasteiger charge is -2.15. The van der Waals surface area contributed by atoms with Crippen LogP contribution in [0.15, 0.2) is 30.3 Å². The zero-order chi connectivity index (χ0) is 17.4. The number of benzene rings is 1. The maximum absolute atomic E-state index is 10.5. The molecule has 2 rings (SSSR count). The van der Waals surface area contributed by atoms with Gasteiger partial charge in [0.25, 0.3) is 0 Å². The van der Waals surface area contributed by atoms with Crippen molar-refractivity contribution in [2.24, 2.45) is 5.92 Å². The number of anilines is 1. The molecule has 1 unspecified atom stereocenters. The molecule has 0 aliphatic carbocycles. The van der Waals surface area contributed by atoms with Crippen LogP contribution in [0, 0.1) is 16.0 Å². The summed E-state index contributed by atoms with van der Waals surface area (Å²) < 4.78 is 2.32. The molecule has 0 saturated heterocycles. The van der Waals surface area contributed by atoms with Crippen molar-refractivity contribution in [3.63, 3.8) is 0 Å². The molecule has 0 spiro atoms. The molecule has 0 radical (unpaired) electrons. The summed E-state index contributed by atoms with van der Waals surface area (Å²) in [6.45, 7) is 6.26. The Morgan fingerprint density at radius 2 is 2.04 bits per heavy atom. The molecule has 1 aromatic heterocycles. The average Bonchev–Trinajstić information content (AvgIpc) is 2.92. The highest BCUT2D eigenvalue weighted by molar-refractivity contribution is 5.84. The van der Waals surface area contributed by atoms with Gasteiger partial charge in [-0.2, -0.15) is 0 Å². The lowest BCUT2D eigenvalue weighted by atomic mass is 10.0. The van der Waals surface area contributed by atoms with E-state index in [1.807, 2.05) is 0 Å². The first kappa shape index (κ1) is 18.3. The van der Waals surface area contributed by atoms with E-state index in [4.69, 9.17) is 0 Å². The fraction of sp³-hybridized carbons (Fsp3) is 0.579. The Balaban J connectivity index is 2.03. The Hall–Kier alpha value is -2.04. The van der Waals surface area contributed by atoms with Crippen LogP contribution in [0.25, 0.3) is 10.9 Å². The third-order valence-corrected chi connectivity index (χ3v) is 4.55. The Kier molecular flexibility index (Phi) is 7.09. The number of nitrogens with one attached hydrogen (secondary N) is 1. The Morgan fingerprint density at radius 1 is 1.25 bits per heavy atom. The number of aromatic nitrogens is 1. The van der Waals surface area contributed by atoms with Crippen LogP contribution in [-0.4, -0.2) is 22.6 Å². The predicted molar refractivity (Wildman–Crippen MR) is 100 cm³/mol. The van der Waals surface area contributed by atoms with E-state index in [0.717, 1.165) is 25.3 Å². The van der Waals surface area contributed by atoms with Gasteiger partial charge in [-0.15, -0.1) is 0 Å². The van der Waals surface area contributed by atoms with Crippen LogP contribution in [-0.2, 0) is 6.54 Å². The van der Waals surface area contributed by atoms with E-state index in [0.29, 0.717) is 12.3 Å². The summed E-state index contributed by atoms with van der Waals surface area (Å²) in [6, 6.07) is 10.6. The summed E-state index contributed by atoms with van der Waals surface area (Å²) in [4.78, 5) is 10.3. The molecule has 2 aromatic rings. The van der Waals surface area contributed by atoms with Gasteiger partial charge in [0.15, 0.2) is 0 Å². The van der Waals surface area contributed by atoms with Crippen LogP contribution in [0.3, 0.4) is 0 Å². The van der Waals surface area contributed by atoms with Crippen LogP contribution < -0.4 is 5.32 Å². The van der Waals surface area contributed by atoms with E-state index >= 15 is 0 Å². The molecular formula is C19H29N3O2. The van der Waals surface area contributed by atoms with Gasteiger partial charge in [-0.3, -0.25) is 10.1 Å². The maximum Gasteiger partial charge on any atom is 0.204 e. The molecule has 0 amide bonds. The van der Waals surface area contributed by atoms with Gasteiger partial charge in [0.2, 0.25) is 6.54 Å². The van der Waals surface area contributed by atoms with Crippen molar-refractivity contribution < 1.29 is 4.92 Å². The van der Waals surface area contributed by atoms with E-state index in [2.05, 4.69) is 54.1 Å². The van der Waals surface area contributed by atoms with Gasteiger partial charge in [-0.1, -0.05) is 44.9 Å². The second-order valence-electron chi connectivity index (χ2n) is 6.61. The topological polar surface area (TPSA) is 60.1 Å². The number of rotatable bonds is 11. The molecule has 0 aliphatic rings. The van der Waals surface area contributed by atoms with Gasteiger partial charge in [0, 0.05) is 35.3 Å². The minimum absolute atomic E-state index is 0.0652. The van der Waals surface area contributed by atoms with Gasteiger partial charge in [0.05, 0.1) is 0 Å². The van der Waals surface area contributed by atoms with Crippen LogP contribution in [0.5, 0.6) is 0 Å². The van der Waals surface area contributed by atoms with E-state index in [9.17, 15) is 10.1 Å².